The Kier molecular flexibility index (Phi) is 4.77. The van der Waals surface area contributed by atoms with Crippen LogP contribution in [0.3, 0.4) is 0 Å². The SMILES string of the molecule is Cc1nc2ncnn2c(C)c1CCC(=O)Nc1ccc(C(=O)NC2CC2)cc1. The summed E-state index contributed by atoms with van der Waals surface area (Å²) < 4.78 is 1.69. The zero-order valence-electron chi connectivity index (χ0n) is 15.9. The molecule has 4 rings (SSSR count). The van der Waals surface area contributed by atoms with Crippen LogP contribution in [0, 0.1) is 13.8 Å². The van der Waals surface area contributed by atoms with Gasteiger partial charge in [0.15, 0.2) is 0 Å². The van der Waals surface area contributed by atoms with E-state index in [1.54, 1.807) is 28.8 Å². The maximum Gasteiger partial charge on any atom is 0.252 e. The monoisotopic (exact) mass is 378 g/mol. The first-order valence-electron chi connectivity index (χ1n) is 9.38. The van der Waals surface area contributed by atoms with Crippen molar-refractivity contribution in [3.05, 3.63) is 53.1 Å². The molecule has 0 atom stereocenters. The lowest BCUT2D eigenvalue weighted by Gasteiger charge is -2.11. The fourth-order valence-corrected chi connectivity index (χ4v) is 3.18. The second-order valence-electron chi connectivity index (χ2n) is 7.11. The Hall–Kier alpha value is -3.29. The topological polar surface area (TPSA) is 101 Å². The largest absolute Gasteiger partial charge is 0.349 e. The zero-order chi connectivity index (χ0) is 19.7. The van der Waals surface area contributed by atoms with Gasteiger partial charge in [0.05, 0.1) is 0 Å². The fraction of sp³-hybridized carbons (Fsp3) is 0.350. The van der Waals surface area contributed by atoms with Gasteiger partial charge in [0.25, 0.3) is 11.7 Å². The fourth-order valence-electron chi connectivity index (χ4n) is 3.18. The summed E-state index contributed by atoms with van der Waals surface area (Å²) in [7, 11) is 0. The average molecular weight is 378 g/mol. The molecule has 2 amide bonds. The van der Waals surface area contributed by atoms with E-state index in [9.17, 15) is 9.59 Å². The highest BCUT2D eigenvalue weighted by Gasteiger charge is 2.23. The minimum absolute atomic E-state index is 0.0673. The zero-order valence-corrected chi connectivity index (χ0v) is 15.9. The lowest BCUT2D eigenvalue weighted by Crippen LogP contribution is -2.25. The van der Waals surface area contributed by atoms with Crippen molar-refractivity contribution in [3.8, 4) is 0 Å². The molecule has 0 spiro atoms. The number of aromatic nitrogens is 4. The summed E-state index contributed by atoms with van der Waals surface area (Å²) in [5.74, 6) is 0.406. The lowest BCUT2D eigenvalue weighted by atomic mass is 10.1. The number of fused-ring (bicyclic) bond motifs is 1. The van der Waals surface area contributed by atoms with E-state index in [-0.39, 0.29) is 11.8 Å². The summed E-state index contributed by atoms with van der Waals surface area (Å²) in [5.41, 5.74) is 4.07. The van der Waals surface area contributed by atoms with Gasteiger partial charge in [-0.1, -0.05) is 0 Å². The molecule has 2 heterocycles. The predicted molar refractivity (Wildman–Crippen MR) is 104 cm³/mol. The van der Waals surface area contributed by atoms with E-state index in [0.717, 1.165) is 29.8 Å². The van der Waals surface area contributed by atoms with Crippen molar-refractivity contribution in [1.82, 2.24) is 24.9 Å². The van der Waals surface area contributed by atoms with Crippen LogP contribution in [-0.2, 0) is 11.2 Å². The molecular formula is C20H22N6O2. The molecule has 1 fully saturated rings. The van der Waals surface area contributed by atoms with Crippen LogP contribution in [0.25, 0.3) is 5.78 Å². The first kappa shape index (κ1) is 18.1. The number of hydrogen-bond acceptors (Lipinski definition) is 5. The van der Waals surface area contributed by atoms with E-state index in [4.69, 9.17) is 0 Å². The van der Waals surface area contributed by atoms with Crippen LogP contribution in [0.2, 0.25) is 0 Å². The van der Waals surface area contributed by atoms with Crippen molar-refractivity contribution in [2.45, 2.75) is 45.6 Å². The molecule has 144 valence electrons. The van der Waals surface area contributed by atoms with E-state index < -0.39 is 0 Å². The molecule has 2 N–H and O–H groups in total. The minimum Gasteiger partial charge on any atom is -0.349 e. The van der Waals surface area contributed by atoms with E-state index >= 15 is 0 Å². The van der Waals surface area contributed by atoms with Gasteiger partial charge >= 0.3 is 0 Å². The highest BCUT2D eigenvalue weighted by Crippen LogP contribution is 2.20. The molecule has 0 aliphatic heterocycles. The van der Waals surface area contributed by atoms with E-state index in [0.29, 0.717) is 35.9 Å². The Bertz CT molecular complexity index is 1040. The Balaban J connectivity index is 1.36. The Morgan fingerprint density at radius 1 is 1.18 bits per heavy atom. The molecule has 1 aliphatic carbocycles. The molecule has 2 aromatic heterocycles. The Morgan fingerprint density at radius 3 is 2.64 bits per heavy atom. The Labute approximate surface area is 162 Å². The average Bonchev–Trinajstić information content (AvgIpc) is 3.36. The van der Waals surface area contributed by atoms with E-state index in [2.05, 4.69) is 25.7 Å². The molecule has 8 nitrogen and oxygen atoms in total. The van der Waals surface area contributed by atoms with Crippen LogP contribution in [0.1, 0.15) is 46.6 Å². The van der Waals surface area contributed by atoms with Crippen molar-refractivity contribution >= 4 is 23.3 Å². The molecule has 0 radical (unpaired) electrons. The van der Waals surface area contributed by atoms with Gasteiger partial charge in [0, 0.05) is 35.1 Å². The van der Waals surface area contributed by atoms with Crippen molar-refractivity contribution in [2.75, 3.05) is 5.32 Å². The van der Waals surface area contributed by atoms with Crippen molar-refractivity contribution in [2.24, 2.45) is 0 Å². The minimum atomic E-state index is -0.0901. The number of rotatable bonds is 6. The highest BCUT2D eigenvalue weighted by molar-refractivity contribution is 5.96. The number of aryl methyl sites for hydroxylation is 2. The normalized spacial score (nSPS) is 13.5. The van der Waals surface area contributed by atoms with Gasteiger partial charge in [-0.05, 0) is 62.9 Å². The van der Waals surface area contributed by atoms with Gasteiger partial charge in [0.2, 0.25) is 5.91 Å². The summed E-state index contributed by atoms with van der Waals surface area (Å²) in [6.45, 7) is 3.87. The molecule has 0 bridgehead atoms. The van der Waals surface area contributed by atoms with Crippen molar-refractivity contribution < 1.29 is 9.59 Å². The smallest absolute Gasteiger partial charge is 0.252 e. The Morgan fingerprint density at radius 2 is 1.93 bits per heavy atom. The summed E-state index contributed by atoms with van der Waals surface area (Å²) in [4.78, 5) is 32.9. The molecule has 8 heteroatoms. The molecular weight excluding hydrogens is 356 g/mol. The van der Waals surface area contributed by atoms with Gasteiger partial charge in [-0.15, -0.1) is 0 Å². The van der Waals surface area contributed by atoms with E-state index in [1.807, 2.05) is 13.8 Å². The number of benzene rings is 1. The van der Waals surface area contributed by atoms with Crippen LogP contribution in [0.15, 0.2) is 30.6 Å². The second kappa shape index (κ2) is 7.38. The summed E-state index contributed by atoms with van der Waals surface area (Å²) in [6, 6.07) is 7.28. The quantitative estimate of drug-likeness (QED) is 0.685. The number of anilines is 1. The van der Waals surface area contributed by atoms with Crippen LogP contribution >= 0.6 is 0 Å². The van der Waals surface area contributed by atoms with Crippen LogP contribution < -0.4 is 10.6 Å². The van der Waals surface area contributed by atoms with Gasteiger partial charge in [-0.3, -0.25) is 9.59 Å². The number of nitrogens with one attached hydrogen (secondary N) is 2. The third-order valence-electron chi connectivity index (χ3n) is 4.93. The van der Waals surface area contributed by atoms with Crippen LogP contribution in [0.4, 0.5) is 5.69 Å². The molecule has 28 heavy (non-hydrogen) atoms. The first-order valence-corrected chi connectivity index (χ1v) is 9.38. The molecule has 1 saturated carbocycles. The summed E-state index contributed by atoms with van der Waals surface area (Å²) in [6.07, 6.45) is 4.47. The first-order chi connectivity index (χ1) is 13.5. The highest BCUT2D eigenvalue weighted by atomic mass is 16.2. The molecule has 0 unspecified atom stereocenters. The number of carbonyl (C=O) groups is 2. The number of amides is 2. The molecule has 3 aromatic rings. The maximum atomic E-state index is 12.3. The third-order valence-corrected chi connectivity index (χ3v) is 4.93. The number of hydrogen-bond donors (Lipinski definition) is 2. The van der Waals surface area contributed by atoms with Crippen LogP contribution in [-0.4, -0.2) is 37.4 Å². The lowest BCUT2D eigenvalue weighted by molar-refractivity contribution is -0.116. The second-order valence-corrected chi connectivity index (χ2v) is 7.11. The number of carbonyl (C=O) groups excluding carboxylic acids is 2. The van der Waals surface area contributed by atoms with E-state index in [1.165, 1.54) is 6.33 Å². The van der Waals surface area contributed by atoms with Gasteiger partial charge in [0.1, 0.15) is 6.33 Å². The van der Waals surface area contributed by atoms with Crippen LogP contribution in [0.5, 0.6) is 0 Å². The summed E-state index contributed by atoms with van der Waals surface area (Å²) >= 11 is 0. The van der Waals surface area contributed by atoms with Gasteiger partial charge in [-0.2, -0.15) is 10.1 Å². The molecule has 0 saturated heterocycles. The predicted octanol–water partition coefficient (Wildman–Crippen LogP) is 2.20. The summed E-state index contributed by atoms with van der Waals surface area (Å²) in [5, 5.41) is 9.99. The number of nitrogens with zero attached hydrogens (tertiary/aromatic N) is 4. The molecule has 1 aliphatic rings. The third kappa shape index (κ3) is 3.85. The molecule has 1 aromatic carbocycles. The van der Waals surface area contributed by atoms with Crippen molar-refractivity contribution in [3.63, 3.8) is 0 Å². The van der Waals surface area contributed by atoms with Gasteiger partial charge in [-0.25, -0.2) is 9.50 Å². The van der Waals surface area contributed by atoms with Crippen molar-refractivity contribution in [1.29, 1.82) is 0 Å². The standard InChI is InChI=1S/C20H22N6O2/c1-12-17(13(2)26-20(23-12)21-11-22-26)9-10-18(27)24-15-5-3-14(4-6-15)19(28)25-16-7-8-16/h3-6,11,16H,7-10H2,1-2H3,(H,24,27)(H,25,28). The maximum absolute atomic E-state index is 12.3. The van der Waals surface area contributed by atoms with Gasteiger partial charge < -0.3 is 10.6 Å².